The maximum atomic E-state index is 13.2. The van der Waals surface area contributed by atoms with Crippen molar-refractivity contribution in [3.05, 3.63) is 81.6 Å². The summed E-state index contributed by atoms with van der Waals surface area (Å²) in [5.41, 5.74) is 1.83. The summed E-state index contributed by atoms with van der Waals surface area (Å²) in [6.45, 7) is -0.759. The zero-order valence-electron chi connectivity index (χ0n) is 15.2. The summed E-state index contributed by atoms with van der Waals surface area (Å²) < 4.78 is 28.5. The van der Waals surface area contributed by atoms with Crippen molar-refractivity contribution in [2.45, 2.75) is 24.4 Å². The number of rotatable bonds is 5. The Kier molecular flexibility index (Phi) is 5.38. The standard InChI is InChI=1S/C20H15ClF2N4OS/c1-12-3-2-4-14(9-12)27-18(28)15-6-5-13(21)10-16(15)25-20(27)29-11-17-24-7-8-26(17)19(22)23/h2-10,19H,11H2,1H3. The normalized spacial score (nSPS) is 11.5. The number of hydrogen-bond acceptors (Lipinski definition) is 4. The molecule has 0 amide bonds. The van der Waals surface area contributed by atoms with Crippen LogP contribution in [0.2, 0.25) is 5.02 Å². The second-order valence-electron chi connectivity index (χ2n) is 6.35. The lowest BCUT2D eigenvalue weighted by molar-refractivity contribution is 0.0678. The number of thioether (sulfide) groups is 1. The number of halogens is 3. The fraction of sp³-hybridized carbons (Fsp3) is 0.150. The SMILES string of the molecule is Cc1cccc(-n2c(SCc3nccn3C(F)F)nc3cc(Cl)ccc3c2=O)c1. The predicted octanol–water partition coefficient (Wildman–Crippen LogP) is 5.23. The van der Waals surface area contributed by atoms with E-state index in [1.165, 1.54) is 17.0 Å². The van der Waals surface area contributed by atoms with Gasteiger partial charge >= 0.3 is 6.55 Å². The number of aromatic nitrogens is 4. The van der Waals surface area contributed by atoms with E-state index in [2.05, 4.69) is 9.97 Å². The fourth-order valence-corrected chi connectivity index (χ4v) is 4.12. The van der Waals surface area contributed by atoms with Gasteiger partial charge in [0.1, 0.15) is 5.82 Å². The van der Waals surface area contributed by atoms with Crippen LogP contribution in [0.25, 0.3) is 16.6 Å². The van der Waals surface area contributed by atoms with Gasteiger partial charge in [-0.25, -0.2) is 9.97 Å². The smallest absolute Gasteiger partial charge is 0.277 e. The molecule has 9 heteroatoms. The first-order valence-electron chi connectivity index (χ1n) is 8.66. The molecule has 0 fully saturated rings. The Labute approximate surface area is 174 Å². The molecule has 2 aromatic heterocycles. The summed E-state index contributed by atoms with van der Waals surface area (Å²) >= 11 is 7.23. The highest BCUT2D eigenvalue weighted by atomic mass is 35.5. The van der Waals surface area contributed by atoms with Gasteiger partial charge < -0.3 is 0 Å². The molecule has 0 N–H and O–H groups in total. The topological polar surface area (TPSA) is 52.7 Å². The van der Waals surface area contributed by atoms with Crippen molar-refractivity contribution in [3.63, 3.8) is 0 Å². The average Bonchev–Trinajstić information content (AvgIpc) is 3.15. The van der Waals surface area contributed by atoms with Crippen LogP contribution >= 0.6 is 23.4 Å². The minimum Gasteiger partial charge on any atom is -0.277 e. The number of benzene rings is 2. The van der Waals surface area contributed by atoms with Crippen molar-refractivity contribution in [1.29, 1.82) is 0 Å². The van der Waals surface area contributed by atoms with Crippen LogP contribution < -0.4 is 5.56 Å². The summed E-state index contributed by atoms with van der Waals surface area (Å²) in [6.07, 6.45) is 2.55. The van der Waals surface area contributed by atoms with Gasteiger partial charge in [-0.1, -0.05) is 35.5 Å². The highest BCUT2D eigenvalue weighted by Crippen LogP contribution is 2.26. The van der Waals surface area contributed by atoms with Crippen LogP contribution in [0.4, 0.5) is 8.78 Å². The first kappa shape index (κ1) is 19.6. The van der Waals surface area contributed by atoms with E-state index in [-0.39, 0.29) is 17.1 Å². The molecule has 2 aromatic carbocycles. The molecule has 4 aromatic rings. The quantitative estimate of drug-likeness (QED) is 0.320. The number of hydrogen-bond donors (Lipinski definition) is 0. The van der Waals surface area contributed by atoms with Crippen LogP contribution in [0.3, 0.4) is 0 Å². The zero-order chi connectivity index (χ0) is 20.5. The van der Waals surface area contributed by atoms with Gasteiger partial charge in [-0.3, -0.25) is 13.9 Å². The fourth-order valence-electron chi connectivity index (χ4n) is 2.99. The molecular weight excluding hydrogens is 418 g/mol. The zero-order valence-corrected chi connectivity index (χ0v) is 16.8. The molecule has 0 bridgehead atoms. The van der Waals surface area contributed by atoms with Crippen LogP contribution in [0.1, 0.15) is 17.9 Å². The van der Waals surface area contributed by atoms with Crippen LogP contribution in [0.5, 0.6) is 0 Å². The van der Waals surface area contributed by atoms with Crippen LogP contribution in [0.15, 0.2) is 64.8 Å². The maximum absolute atomic E-state index is 13.2. The Bertz CT molecular complexity index is 1250. The number of imidazole rings is 1. The molecule has 0 aliphatic heterocycles. The average molecular weight is 433 g/mol. The summed E-state index contributed by atoms with van der Waals surface area (Å²) in [5, 5.41) is 1.26. The molecule has 0 atom stereocenters. The number of aryl methyl sites for hydroxylation is 1. The van der Waals surface area contributed by atoms with E-state index < -0.39 is 6.55 Å². The largest absolute Gasteiger partial charge is 0.319 e. The second kappa shape index (κ2) is 7.96. The maximum Gasteiger partial charge on any atom is 0.319 e. The third-order valence-electron chi connectivity index (χ3n) is 4.35. The highest BCUT2D eigenvalue weighted by Gasteiger charge is 2.17. The van der Waals surface area contributed by atoms with Gasteiger partial charge in [0.25, 0.3) is 5.56 Å². The minimum absolute atomic E-state index is 0.127. The summed E-state index contributed by atoms with van der Waals surface area (Å²) in [6, 6.07) is 12.3. The van der Waals surface area contributed by atoms with Crippen LogP contribution in [0, 0.1) is 6.92 Å². The van der Waals surface area contributed by atoms with E-state index in [9.17, 15) is 13.6 Å². The number of alkyl halides is 2. The summed E-state index contributed by atoms with van der Waals surface area (Å²) in [7, 11) is 0. The molecule has 0 spiro atoms. The summed E-state index contributed by atoms with van der Waals surface area (Å²) in [5.74, 6) is 0.322. The Balaban J connectivity index is 1.85. The van der Waals surface area contributed by atoms with Crippen LogP contribution in [-0.4, -0.2) is 19.1 Å². The van der Waals surface area contributed by atoms with Crippen LogP contribution in [-0.2, 0) is 5.75 Å². The Morgan fingerprint density at radius 3 is 2.79 bits per heavy atom. The van der Waals surface area contributed by atoms with Gasteiger partial charge in [0, 0.05) is 17.4 Å². The monoisotopic (exact) mass is 432 g/mol. The molecule has 29 heavy (non-hydrogen) atoms. The Hall–Kier alpha value is -2.71. The van der Waals surface area contributed by atoms with E-state index in [1.807, 2.05) is 31.2 Å². The highest BCUT2D eigenvalue weighted by molar-refractivity contribution is 7.98. The second-order valence-corrected chi connectivity index (χ2v) is 7.73. The van der Waals surface area contributed by atoms with Crippen molar-refractivity contribution in [3.8, 4) is 5.69 Å². The van der Waals surface area contributed by atoms with Gasteiger partial charge in [-0.2, -0.15) is 8.78 Å². The van der Waals surface area contributed by atoms with Crippen molar-refractivity contribution < 1.29 is 8.78 Å². The molecule has 0 unspecified atom stereocenters. The van der Waals surface area contributed by atoms with Gasteiger partial charge in [0.2, 0.25) is 0 Å². The molecule has 0 saturated carbocycles. The first-order chi connectivity index (χ1) is 13.9. The minimum atomic E-state index is -2.68. The van der Waals surface area contributed by atoms with Crippen molar-refractivity contribution in [1.82, 2.24) is 19.1 Å². The third-order valence-corrected chi connectivity index (χ3v) is 5.52. The van der Waals surface area contributed by atoms with Gasteiger partial charge in [0.05, 0.1) is 22.3 Å². The van der Waals surface area contributed by atoms with Gasteiger partial charge in [-0.05, 0) is 42.8 Å². The molecule has 0 radical (unpaired) electrons. The van der Waals surface area contributed by atoms with E-state index in [0.29, 0.717) is 26.8 Å². The van der Waals surface area contributed by atoms with E-state index in [0.717, 1.165) is 21.9 Å². The first-order valence-corrected chi connectivity index (χ1v) is 10.0. The van der Waals surface area contributed by atoms with E-state index in [4.69, 9.17) is 11.6 Å². The molecule has 148 valence electrons. The molecule has 2 heterocycles. The van der Waals surface area contributed by atoms with Gasteiger partial charge in [-0.15, -0.1) is 0 Å². The Morgan fingerprint density at radius 1 is 1.21 bits per heavy atom. The lowest BCUT2D eigenvalue weighted by Crippen LogP contribution is -2.22. The molecule has 4 rings (SSSR count). The van der Waals surface area contributed by atoms with E-state index >= 15 is 0 Å². The molecular formula is C20H15ClF2N4OS. The lowest BCUT2D eigenvalue weighted by Gasteiger charge is -2.14. The molecule has 5 nitrogen and oxygen atoms in total. The summed E-state index contributed by atoms with van der Waals surface area (Å²) in [4.78, 5) is 21.8. The number of nitrogens with zero attached hydrogens (tertiary/aromatic N) is 4. The van der Waals surface area contributed by atoms with Gasteiger partial charge in [0.15, 0.2) is 5.16 Å². The van der Waals surface area contributed by atoms with Crippen molar-refractivity contribution in [2.24, 2.45) is 0 Å². The number of fused-ring (bicyclic) bond motifs is 1. The molecule has 0 aliphatic carbocycles. The molecule has 0 aliphatic rings. The molecule has 0 saturated heterocycles. The predicted molar refractivity (Wildman–Crippen MR) is 110 cm³/mol. The van der Waals surface area contributed by atoms with Crippen molar-refractivity contribution in [2.75, 3.05) is 0 Å². The lowest BCUT2D eigenvalue weighted by atomic mass is 10.2. The Morgan fingerprint density at radius 2 is 2.03 bits per heavy atom. The third kappa shape index (κ3) is 3.90. The van der Waals surface area contributed by atoms with E-state index in [1.54, 1.807) is 18.2 Å². The van der Waals surface area contributed by atoms with Crippen molar-refractivity contribution >= 4 is 34.3 Å².